The molecule has 0 spiro atoms. The van der Waals surface area contributed by atoms with Crippen LogP contribution in [0.1, 0.15) is 50.6 Å². The molecular formula is C11H21N3S. The normalized spacial score (nSPS) is 12.4. The molecule has 3 nitrogen and oxygen atoms in total. The van der Waals surface area contributed by atoms with E-state index in [4.69, 9.17) is 0 Å². The third-order valence-electron chi connectivity index (χ3n) is 1.97. The van der Waals surface area contributed by atoms with Gasteiger partial charge in [0.15, 0.2) is 0 Å². The first-order chi connectivity index (χ1) is 6.88. The SMILES string of the molecule is CC(C)c1nnc(CCNC(C)(C)C)s1. The summed E-state index contributed by atoms with van der Waals surface area (Å²) in [4.78, 5) is 0. The van der Waals surface area contributed by atoms with Crippen molar-refractivity contribution < 1.29 is 0 Å². The van der Waals surface area contributed by atoms with Gasteiger partial charge in [0, 0.05) is 24.4 Å². The maximum Gasteiger partial charge on any atom is 0.119 e. The van der Waals surface area contributed by atoms with Crippen LogP contribution < -0.4 is 5.32 Å². The molecule has 0 aliphatic heterocycles. The van der Waals surface area contributed by atoms with Gasteiger partial charge in [0.1, 0.15) is 10.0 Å². The Morgan fingerprint density at radius 1 is 1.27 bits per heavy atom. The average Bonchev–Trinajstić information content (AvgIpc) is 2.50. The summed E-state index contributed by atoms with van der Waals surface area (Å²) in [7, 11) is 0. The molecular weight excluding hydrogens is 206 g/mol. The van der Waals surface area contributed by atoms with Crippen molar-refractivity contribution in [3.8, 4) is 0 Å². The van der Waals surface area contributed by atoms with Crippen molar-refractivity contribution in [1.29, 1.82) is 0 Å². The van der Waals surface area contributed by atoms with E-state index in [2.05, 4.69) is 50.1 Å². The molecule has 0 bridgehead atoms. The van der Waals surface area contributed by atoms with Crippen LogP contribution >= 0.6 is 11.3 Å². The van der Waals surface area contributed by atoms with E-state index in [0.29, 0.717) is 5.92 Å². The quantitative estimate of drug-likeness (QED) is 0.859. The van der Waals surface area contributed by atoms with E-state index in [-0.39, 0.29) is 5.54 Å². The second kappa shape index (κ2) is 5.03. The zero-order valence-electron chi connectivity index (χ0n) is 10.3. The first-order valence-electron chi connectivity index (χ1n) is 5.46. The molecule has 0 amide bonds. The molecule has 1 aromatic heterocycles. The van der Waals surface area contributed by atoms with Gasteiger partial charge in [-0.2, -0.15) is 0 Å². The van der Waals surface area contributed by atoms with Crippen LogP contribution in [0, 0.1) is 0 Å². The Morgan fingerprint density at radius 3 is 2.40 bits per heavy atom. The Labute approximate surface area is 96.3 Å². The highest BCUT2D eigenvalue weighted by Gasteiger charge is 2.10. The van der Waals surface area contributed by atoms with Crippen molar-refractivity contribution in [2.75, 3.05) is 6.54 Å². The second-order valence-electron chi connectivity index (χ2n) is 5.12. The molecule has 0 saturated carbocycles. The van der Waals surface area contributed by atoms with Crippen molar-refractivity contribution in [2.45, 2.75) is 52.5 Å². The fourth-order valence-corrected chi connectivity index (χ4v) is 1.99. The lowest BCUT2D eigenvalue weighted by atomic mass is 10.1. The maximum absolute atomic E-state index is 4.19. The zero-order valence-corrected chi connectivity index (χ0v) is 11.1. The molecule has 0 aliphatic carbocycles. The van der Waals surface area contributed by atoms with E-state index in [0.717, 1.165) is 23.0 Å². The van der Waals surface area contributed by atoms with Gasteiger partial charge in [-0.3, -0.25) is 0 Å². The smallest absolute Gasteiger partial charge is 0.119 e. The minimum absolute atomic E-state index is 0.186. The van der Waals surface area contributed by atoms with Crippen molar-refractivity contribution >= 4 is 11.3 Å². The Kier molecular flexibility index (Phi) is 4.22. The highest BCUT2D eigenvalue weighted by molar-refractivity contribution is 7.11. The fourth-order valence-electron chi connectivity index (χ4n) is 1.15. The number of rotatable bonds is 4. The van der Waals surface area contributed by atoms with Gasteiger partial charge in [0.25, 0.3) is 0 Å². The number of hydrogen-bond donors (Lipinski definition) is 1. The van der Waals surface area contributed by atoms with Gasteiger partial charge in [-0.25, -0.2) is 0 Å². The summed E-state index contributed by atoms with van der Waals surface area (Å²) in [5.74, 6) is 0.492. The summed E-state index contributed by atoms with van der Waals surface area (Å²) < 4.78 is 0. The zero-order chi connectivity index (χ0) is 11.5. The van der Waals surface area contributed by atoms with E-state index in [1.807, 2.05) is 0 Å². The maximum atomic E-state index is 4.19. The van der Waals surface area contributed by atoms with E-state index < -0.39 is 0 Å². The van der Waals surface area contributed by atoms with Crippen LogP contribution in [0.3, 0.4) is 0 Å². The van der Waals surface area contributed by atoms with Crippen LogP contribution in [0.25, 0.3) is 0 Å². The first-order valence-corrected chi connectivity index (χ1v) is 6.27. The summed E-state index contributed by atoms with van der Waals surface area (Å²) in [6, 6.07) is 0. The summed E-state index contributed by atoms with van der Waals surface area (Å²) in [5, 5.41) is 14.1. The Hall–Kier alpha value is -0.480. The molecule has 0 saturated heterocycles. The topological polar surface area (TPSA) is 37.8 Å². The molecule has 15 heavy (non-hydrogen) atoms. The number of nitrogens with zero attached hydrogens (tertiary/aromatic N) is 2. The summed E-state index contributed by atoms with van der Waals surface area (Å²) in [6.45, 7) is 11.8. The van der Waals surface area contributed by atoms with Gasteiger partial charge in [0.05, 0.1) is 0 Å². The molecule has 0 aliphatic rings. The lowest BCUT2D eigenvalue weighted by Gasteiger charge is -2.19. The van der Waals surface area contributed by atoms with Crippen LogP contribution in [0.15, 0.2) is 0 Å². The number of nitrogens with one attached hydrogen (secondary N) is 1. The summed E-state index contributed by atoms with van der Waals surface area (Å²) in [5.41, 5.74) is 0.186. The molecule has 0 atom stereocenters. The number of hydrogen-bond acceptors (Lipinski definition) is 4. The molecule has 0 aromatic carbocycles. The highest BCUT2D eigenvalue weighted by Crippen LogP contribution is 2.18. The van der Waals surface area contributed by atoms with Gasteiger partial charge in [-0.1, -0.05) is 13.8 Å². The van der Waals surface area contributed by atoms with E-state index >= 15 is 0 Å². The lowest BCUT2D eigenvalue weighted by molar-refractivity contribution is 0.429. The predicted molar refractivity (Wildman–Crippen MR) is 65.5 cm³/mol. The third-order valence-corrected chi connectivity index (χ3v) is 3.25. The van der Waals surface area contributed by atoms with Gasteiger partial charge >= 0.3 is 0 Å². The minimum atomic E-state index is 0.186. The van der Waals surface area contributed by atoms with Gasteiger partial charge in [-0.05, 0) is 20.8 Å². The molecule has 0 fully saturated rings. The number of aromatic nitrogens is 2. The van der Waals surface area contributed by atoms with Crippen molar-refractivity contribution in [3.63, 3.8) is 0 Å². The molecule has 4 heteroatoms. The molecule has 1 N–H and O–H groups in total. The summed E-state index contributed by atoms with van der Waals surface area (Å²) >= 11 is 1.73. The first kappa shape index (κ1) is 12.6. The van der Waals surface area contributed by atoms with Crippen molar-refractivity contribution in [1.82, 2.24) is 15.5 Å². The Balaban J connectivity index is 2.38. The van der Waals surface area contributed by atoms with Crippen LogP contribution in [0.4, 0.5) is 0 Å². The average molecular weight is 227 g/mol. The second-order valence-corrected chi connectivity index (χ2v) is 6.21. The molecule has 1 rings (SSSR count). The monoisotopic (exact) mass is 227 g/mol. The van der Waals surface area contributed by atoms with Crippen LogP contribution in [-0.4, -0.2) is 22.3 Å². The molecule has 0 unspecified atom stereocenters. The van der Waals surface area contributed by atoms with E-state index in [9.17, 15) is 0 Å². The highest BCUT2D eigenvalue weighted by atomic mass is 32.1. The van der Waals surface area contributed by atoms with Crippen LogP contribution in [0.5, 0.6) is 0 Å². The van der Waals surface area contributed by atoms with Crippen molar-refractivity contribution in [3.05, 3.63) is 10.0 Å². The lowest BCUT2D eigenvalue weighted by Crippen LogP contribution is -2.37. The van der Waals surface area contributed by atoms with E-state index in [1.165, 1.54) is 0 Å². The minimum Gasteiger partial charge on any atom is -0.312 e. The largest absolute Gasteiger partial charge is 0.312 e. The Morgan fingerprint density at radius 2 is 1.93 bits per heavy atom. The fraction of sp³-hybridized carbons (Fsp3) is 0.818. The third kappa shape index (κ3) is 4.71. The van der Waals surface area contributed by atoms with Crippen molar-refractivity contribution in [2.24, 2.45) is 0 Å². The van der Waals surface area contributed by atoms with E-state index in [1.54, 1.807) is 11.3 Å². The molecule has 1 heterocycles. The van der Waals surface area contributed by atoms with Gasteiger partial charge < -0.3 is 5.32 Å². The molecule has 86 valence electrons. The molecule has 1 aromatic rings. The molecule has 0 radical (unpaired) electrons. The standard InChI is InChI=1S/C11H21N3S/c1-8(2)10-14-13-9(15-10)6-7-12-11(3,4)5/h8,12H,6-7H2,1-5H3. The van der Waals surface area contributed by atoms with Gasteiger partial charge in [0.2, 0.25) is 0 Å². The predicted octanol–water partition coefficient (Wildman–Crippen LogP) is 2.59. The summed E-state index contributed by atoms with van der Waals surface area (Å²) in [6.07, 6.45) is 0.974. The van der Waals surface area contributed by atoms with Crippen LogP contribution in [-0.2, 0) is 6.42 Å². The van der Waals surface area contributed by atoms with Crippen LogP contribution in [0.2, 0.25) is 0 Å². The van der Waals surface area contributed by atoms with Gasteiger partial charge in [-0.15, -0.1) is 21.5 Å². The Bertz CT molecular complexity index is 299.